The Labute approximate surface area is 144 Å². The highest BCUT2D eigenvalue weighted by atomic mass is 79.9. The fourth-order valence-electron chi connectivity index (χ4n) is 1.43. The zero-order chi connectivity index (χ0) is 16.3. The minimum atomic E-state index is -1.27. The highest BCUT2D eigenvalue weighted by molar-refractivity contribution is 9.12. The molecule has 10 heteroatoms. The number of rotatable bonds is 4. The Morgan fingerprint density at radius 1 is 1.00 bits per heavy atom. The van der Waals surface area contributed by atoms with Crippen LogP contribution in [-0.4, -0.2) is 34.6 Å². The minimum absolute atomic E-state index is 0.0819. The Balaban J connectivity index is 3.62. The van der Waals surface area contributed by atoms with Gasteiger partial charge in [-0.3, -0.25) is 9.59 Å². The van der Waals surface area contributed by atoms with E-state index in [-0.39, 0.29) is 30.4 Å². The van der Waals surface area contributed by atoms with E-state index in [4.69, 9.17) is 5.11 Å². The van der Waals surface area contributed by atoms with Gasteiger partial charge in [0.1, 0.15) is 6.61 Å². The second-order valence-electron chi connectivity index (χ2n) is 3.76. The number of aliphatic hydroxyl groups is 1. The van der Waals surface area contributed by atoms with Crippen molar-refractivity contribution in [3.05, 3.63) is 19.0 Å². The van der Waals surface area contributed by atoms with E-state index in [2.05, 4.69) is 58.4 Å². The van der Waals surface area contributed by atoms with Gasteiger partial charge in [0.25, 0.3) is 0 Å². The molecule has 1 rings (SSSR count). The second-order valence-corrected chi connectivity index (χ2v) is 6.14. The number of hydrogen-bond donors (Lipinski definition) is 4. The maximum Gasteiger partial charge on any atom is 0.338 e. The van der Waals surface area contributed by atoms with E-state index in [0.29, 0.717) is 0 Å². The third-order valence-corrected chi connectivity index (χ3v) is 4.62. The summed E-state index contributed by atoms with van der Waals surface area (Å²) in [6.45, 7) is 0.486. The first-order chi connectivity index (χ1) is 9.70. The number of benzene rings is 1. The van der Waals surface area contributed by atoms with Gasteiger partial charge in [0, 0.05) is 6.92 Å². The number of carbonyl (C=O) groups excluding carboxylic acids is 2. The first-order valence-corrected chi connectivity index (χ1v) is 7.70. The average molecular weight is 489 g/mol. The summed E-state index contributed by atoms with van der Waals surface area (Å²) >= 11 is 9.39. The van der Waals surface area contributed by atoms with E-state index >= 15 is 0 Å². The molecular formula is C11H9Br3N2O5. The van der Waals surface area contributed by atoms with Crippen LogP contribution in [0.2, 0.25) is 0 Å². The number of halogens is 3. The van der Waals surface area contributed by atoms with Gasteiger partial charge in [0.2, 0.25) is 11.8 Å². The number of amides is 2. The van der Waals surface area contributed by atoms with Crippen LogP contribution in [0.25, 0.3) is 0 Å². The van der Waals surface area contributed by atoms with Crippen LogP contribution in [0.4, 0.5) is 11.4 Å². The van der Waals surface area contributed by atoms with Crippen molar-refractivity contribution >= 4 is 76.9 Å². The summed E-state index contributed by atoms with van der Waals surface area (Å²) in [6, 6.07) is 0. The lowest BCUT2D eigenvalue weighted by Gasteiger charge is -2.17. The fourth-order valence-corrected chi connectivity index (χ4v) is 4.15. The molecule has 0 spiro atoms. The molecule has 0 aliphatic heterocycles. The van der Waals surface area contributed by atoms with Crippen molar-refractivity contribution in [3.63, 3.8) is 0 Å². The molecule has 0 bridgehead atoms. The van der Waals surface area contributed by atoms with Gasteiger partial charge in [-0.25, -0.2) is 4.79 Å². The third kappa shape index (κ3) is 4.02. The third-order valence-electron chi connectivity index (χ3n) is 2.24. The number of hydrogen-bond acceptors (Lipinski definition) is 4. The van der Waals surface area contributed by atoms with Gasteiger partial charge >= 0.3 is 5.97 Å². The predicted molar refractivity (Wildman–Crippen MR) is 86.5 cm³/mol. The summed E-state index contributed by atoms with van der Waals surface area (Å²) in [7, 11) is 0. The highest BCUT2D eigenvalue weighted by Crippen LogP contribution is 2.45. The SMILES string of the molecule is CC(=O)Nc1c(Br)c(NC(=O)CO)c(Br)c(C(=O)O)c1Br. The molecule has 4 N–H and O–H groups in total. The van der Waals surface area contributed by atoms with Gasteiger partial charge in [-0.05, 0) is 47.8 Å². The Morgan fingerprint density at radius 3 is 1.86 bits per heavy atom. The molecule has 0 unspecified atom stereocenters. The predicted octanol–water partition coefficient (Wildman–Crippen LogP) is 2.56. The number of carbonyl (C=O) groups is 3. The van der Waals surface area contributed by atoms with E-state index < -0.39 is 24.4 Å². The number of carboxylic acid groups (broad SMARTS) is 1. The summed E-state index contributed by atoms with van der Waals surface area (Å²) in [5.74, 6) is -2.43. The van der Waals surface area contributed by atoms with Crippen LogP contribution in [0.15, 0.2) is 13.4 Å². The topological polar surface area (TPSA) is 116 Å². The summed E-state index contributed by atoms with van der Waals surface area (Å²) in [5, 5.41) is 22.9. The molecule has 2 amide bonds. The number of aromatic carboxylic acids is 1. The molecule has 0 atom stereocenters. The van der Waals surface area contributed by atoms with E-state index in [1.807, 2.05) is 0 Å². The van der Waals surface area contributed by atoms with Crippen LogP contribution < -0.4 is 10.6 Å². The van der Waals surface area contributed by atoms with Gasteiger partial charge in [0.05, 0.1) is 30.4 Å². The van der Waals surface area contributed by atoms with Gasteiger partial charge in [-0.2, -0.15) is 0 Å². The molecular weight excluding hydrogens is 480 g/mol. The van der Waals surface area contributed by atoms with Crippen molar-refractivity contribution in [1.82, 2.24) is 0 Å². The normalized spacial score (nSPS) is 10.1. The first-order valence-electron chi connectivity index (χ1n) is 5.32. The molecule has 1 aromatic carbocycles. The van der Waals surface area contributed by atoms with Gasteiger partial charge in [-0.1, -0.05) is 0 Å². The molecule has 21 heavy (non-hydrogen) atoms. The van der Waals surface area contributed by atoms with Crippen molar-refractivity contribution in [3.8, 4) is 0 Å². The Kier molecular flexibility index (Phi) is 6.32. The summed E-state index contributed by atoms with van der Waals surface area (Å²) in [6.07, 6.45) is 0. The average Bonchev–Trinajstić information content (AvgIpc) is 2.38. The number of carboxylic acids is 1. The summed E-state index contributed by atoms with van der Waals surface area (Å²) in [5.41, 5.74) is 0.0462. The number of aliphatic hydroxyl groups excluding tert-OH is 1. The lowest BCUT2D eigenvalue weighted by Crippen LogP contribution is -2.18. The lowest BCUT2D eigenvalue weighted by atomic mass is 10.1. The maximum atomic E-state index is 11.3. The first kappa shape index (κ1) is 18.1. The number of anilines is 2. The molecule has 0 saturated heterocycles. The van der Waals surface area contributed by atoms with E-state index in [1.165, 1.54) is 6.92 Å². The zero-order valence-corrected chi connectivity index (χ0v) is 15.2. The Hall–Kier alpha value is -0.970. The molecule has 7 nitrogen and oxygen atoms in total. The molecule has 0 saturated carbocycles. The van der Waals surface area contributed by atoms with Gasteiger partial charge < -0.3 is 20.8 Å². The standard InChI is InChI=1S/C11H9Br3N2O5/c1-3(18)15-9-6(12)5(11(20)21)7(13)10(8(9)14)16-4(19)2-17/h17H,2H2,1H3,(H,15,18)(H,16,19)(H,20,21). The van der Waals surface area contributed by atoms with Crippen molar-refractivity contribution in [2.45, 2.75) is 6.92 Å². The molecule has 1 aromatic rings. The van der Waals surface area contributed by atoms with Crippen molar-refractivity contribution in [2.24, 2.45) is 0 Å². The Bertz CT molecular complexity index is 633. The minimum Gasteiger partial charge on any atom is -0.478 e. The van der Waals surface area contributed by atoms with Gasteiger partial charge in [0.15, 0.2) is 0 Å². The van der Waals surface area contributed by atoms with Crippen molar-refractivity contribution in [2.75, 3.05) is 17.2 Å². The Morgan fingerprint density at radius 2 is 1.48 bits per heavy atom. The monoisotopic (exact) mass is 486 g/mol. The van der Waals surface area contributed by atoms with Crippen LogP contribution in [0.1, 0.15) is 17.3 Å². The van der Waals surface area contributed by atoms with E-state index in [0.717, 1.165) is 0 Å². The molecule has 114 valence electrons. The zero-order valence-electron chi connectivity index (χ0n) is 10.5. The molecule has 0 aliphatic rings. The molecule has 0 radical (unpaired) electrons. The summed E-state index contributed by atoms with van der Waals surface area (Å²) in [4.78, 5) is 33.9. The number of nitrogens with one attached hydrogen (secondary N) is 2. The van der Waals surface area contributed by atoms with Crippen LogP contribution >= 0.6 is 47.8 Å². The largest absolute Gasteiger partial charge is 0.478 e. The van der Waals surface area contributed by atoms with Crippen LogP contribution in [0.5, 0.6) is 0 Å². The quantitative estimate of drug-likeness (QED) is 0.520. The maximum absolute atomic E-state index is 11.3. The lowest BCUT2D eigenvalue weighted by molar-refractivity contribution is -0.118. The smallest absolute Gasteiger partial charge is 0.338 e. The van der Waals surface area contributed by atoms with Crippen LogP contribution in [-0.2, 0) is 9.59 Å². The van der Waals surface area contributed by atoms with E-state index in [9.17, 15) is 19.5 Å². The molecule has 0 aliphatic carbocycles. The van der Waals surface area contributed by atoms with Crippen LogP contribution in [0.3, 0.4) is 0 Å². The van der Waals surface area contributed by atoms with E-state index in [1.54, 1.807) is 0 Å². The highest BCUT2D eigenvalue weighted by Gasteiger charge is 2.25. The van der Waals surface area contributed by atoms with Gasteiger partial charge in [-0.15, -0.1) is 0 Å². The van der Waals surface area contributed by atoms with Crippen molar-refractivity contribution in [1.29, 1.82) is 0 Å². The van der Waals surface area contributed by atoms with Crippen molar-refractivity contribution < 1.29 is 24.6 Å². The second kappa shape index (κ2) is 7.34. The summed E-state index contributed by atoms with van der Waals surface area (Å²) < 4.78 is 0.471. The molecule has 0 fully saturated rings. The molecule has 0 aromatic heterocycles. The van der Waals surface area contributed by atoms with Crippen LogP contribution in [0, 0.1) is 0 Å². The fraction of sp³-hybridized carbons (Fsp3) is 0.182. The molecule has 0 heterocycles.